The lowest BCUT2D eigenvalue weighted by Gasteiger charge is -2.19. The highest BCUT2D eigenvalue weighted by Gasteiger charge is 2.33. The first-order valence-electron chi connectivity index (χ1n) is 7.65. The number of carboxylic acid groups (broad SMARTS) is 1. The number of nitrogens with one attached hydrogen (secondary N) is 1. The van der Waals surface area contributed by atoms with Gasteiger partial charge in [0.25, 0.3) is 0 Å². The Hall–Kier alpha value is -2.59. The average molecular weight is 398 g/mol. The van der Waals surface area contributed by atoms with Gasteiger partial charge < -0.3 is 25.0 Å². The number of phosphoric acid groups is 1. The zero-order valence-electron chi connectivity index (χ0n) is 14.5. The molecule has 2 heterocycles. The van der Waals surface area contributed by atoms with Gasteiger partial charge in [-0.3, -0.25) is 14.5 Å². The van der Waals surface area contributed by atoms with E-state index in [4.69, 9.17) is 9.79 Å². The van der Waals surface area contributed by atoms with Crippen molar-refractivity contribution in [1.82, 2.24) is 15.0 Å². The molecular weight excluding hydrogens is 379 g/mol. The summed E-state index contributed by atoms with van der Waals surface area (Å²) >= 11 is 0. The van der Waals surface area contributed by atoms with E-state index in [0.717, 1.165) is 6.21 Å². The monoisotopic (exact) mass is 398 g/mol. The van der Waals surface area contributed by atoms with E-state index < -0.39 is 25.9 Å². The zero-order valence-corrected chi connectivity index (χ0v) is 15.4. The molecule has 11 nitrogen and oxygen atoms in total. The van der Waals surface area contributed by atoms with E-state index in [1.165, 1.54) is 32.6 Å². The third-order valence-corrected chi connectivity index (χ3v) is 4.24. The number of pyridine rings is 1. The number of aryl methyl sites for hydroxylation is 1. The Balaban J connectivity index is 2.38. The minimum atomic E-state index is -4.74. The molecule has 5 N–H and O–H groups in total. The number of aromatic nitrogens is 3. The van der Waals surface area contributed by atoms with Crippen LogP contribution in [-0.4, -0.2) is 52.7 Å². The van der Waals surface area contributed by atoms with E-state index in [2.05, 4.69) is 24.5 Å². The fraction of sp³-hybridized carbons (Fsp3) is 0.333. The molecule has 2 aromatic rings. The van der Waals surface area contributed by atoms with Gasteiger partial charge >= 0.3 is 13.8 Å². The minimum absolute atomic E-state index is 0.0119. The number of hydrogen-bond donors (Lipinski definition) is 5. The number of aromatic hydroxyl groups is 1. The molecule has 0 radical (unpaired) electrons. The maximum absolute atomic E-state index is 11.7. The molecule has 0 saturated carbocycles. The van der Waals surface area contributed by atoms with Crippen LogP contribution in [0.15, 0.2) is 23.7 Å². The summed E-state index contributed by atoms with van der Waals surface area (Å²) in [5, 5.41) is 19.8. The molecule has 146 valence electrons. The number of phosphoric ester groups is 1. The van der Waals surface area contributed by atoms with E-state index in [-0.39, 0.29) is 29.0 Å². The minimum Gasteiger partial charge on any atom is -0.505 e. The number of aliphatic imine (C=N–C) groups is 1. The van der Waals surface area contributed by atoms with Crippen molar-refractivity contribution in [2.75, 3.05) is 0 Å². The number of carbonyl (C=O) groups is 1. The molecular formula is C15H19N4O7P. The van der Waals surface area contributed by atoms with Gasteiger partial charge in [0, 0.05) is 41.8 Å². The first-order valence-corrected chi connectivity index (χ1v) is 9.18. The topological polar surface area (TPSA) is 178 Å². The van der Waals surface area contributed by atoms with Gasteiger partial charge in [-0.2, -0.15) is 0 Å². The molecule has 0 saturated heterocycles. The molecule has 0 fully saturated rings. The van der Waals surface area contributed by atoms with Crippen LogP contribution in [0.1, 0.15) is 29.4 Å². The summed E-state index contributed by atoms with van der Waals surface area (Å²) in [6, 6.07) is 0. The van der Waals surface area contributed by atoms with E-state index in [1.807, 2.05) is 0 Å². The van der Waals surface area contributed by atoms with Crippen LogP contribution in [0.2, 0.25) is 0 Å². The van der Waals surface area contributed by atoms with Gasteiger partial charge in [0.1, 0.15) is 5.75 Å². The second-order valence-corrected chi connectivity index (χ2v) is 7.23. The highest BCUT2D eigenvalue weighted by molar-refractivity contribution is 7.46. The summed E-state index contributed by atoms with van der Waals surface area (Å²) in [4.78, 5) is 44.1. The lowest BCUT2D eigenvalue weighted by molar-refractivity contribution is -0.142. The first kappa shape index (κ1) is 20.7. The van der Waals surface area contributed by atoms with Crippen molar-refractivity contribution in [2.45, 2.75) is 32.4 Å². The summed E-state index contributed by atoms with van der Waals surface area (Å²) in [5.74, 6) is -1.49. The molecule has 2 rings (SSSR count). The third-order valence-electron chi connectivity index (χ3n) is 3.77. The zero-order chi connectivity index (χ0) is 20.2. The van der Waals surface area contributed by atoms with E-state index in [9.17, 15) is 19.6 Å². The van der Waals surface area contributed by atoms with Crippen molar-refractivity contribution < 1.29 is 33.9 Å². The Morgan fingerprint density at radius 2 is 2.15 bits per heavy atom. The highest BCUT2D eigenvalue weighted by Crippen LogP contribution is 2.37. The van der Waals surface area contributed by atoms with Crippen molar-refractivity contribution in [2.24, 2.45) is 4.99 Å². The number of rotatable bonds is 8. The van der Waals surface area contributed by atoms with Gasteiger partial charge in [0.05, 0.1) is 18.6 Å². The first-order chi connectivity index (χ1) is 12.5. The van der Waals surface area contributed by atoms with Crippen LogP contribution < -0.4 is 0 Å². The van der Waals surface area contributed by atoms with Crippen molar-refractivity contribution in [3.8, 4) is 5.75 Å². The molecule has 0 aliphatic carbocycles. The number of aromatic amines is 1. The average Bonchev–Trinajstić information content (AvgIpc) is 3.06. The van der Waals surface area contributed by atoms with Gasteiger partial charge in [-0.25, -0.2) is 14.3 Å². The number of aliphatic carboxylic acids is 1. The van der Waals surface area contributed by atoms with Crippen LogP contribution in [0.25, 0.3) is 0 Å². The summed E-state index contributed by atoms with van der Waals surface area (Å²) < 4.78 is 15.4. The number of hydrogen-bond acceptors (Lipinski definition) is 7. The summed E-state index contributed by atoms with van der Waals surface area (Å²) in [5.41, 5.74) is -0.580. The second kappa shape index (κ2) is 7.97. The van der Waals surface area contributed by atoms with E-state index in [0.29, 0.717) is 5.69 Å². The molecule has 0 amide bonds. The molecule has 0 aromatic carbocycles. The second-order valence-electron chi connectivity index (χ2n) is 5.99. The van der Waals surface area contributed by atoms with E-state index >= 15 is 0 Å². The molecule has 1 atom stereocenters. The Labute approximate surface area is 154 Å². The fourth-order valence-electron chi connectivity index (χ4n) is 2.20. The van der Waals surface area contributed by atoms with E-state index in [1.54, 1.807) is 0 Å². The molecule has 0 unspecified atom stereocenters. The van der Waals surface area contributed by atoms with Gasteiger partial charge in [0.15, 0.2) is 5.54 Å². The fourth-order valence-corrected chi connectivity index (χ4v) is 2.51. The molecule has 2 aromatic heterocycles. The summed E-state index contributed by atoms with van der Waals surface area (Å²) in [6.45, 7) is 2.36. The highest BCUT2D eigenvalue weighted by atomic mass is 31.2. The smallest absolute Gasteiger partial charge is 0.469 e. The lowest BCUT2D eigenvalue weighted by Crippen LogP contribution is -2.36. The van der Waals surface area contributed by atoms with Crippen molar-refractivity contribution in [3.63, 3.8) is 0 Å². The standard InChI is InChI=1S/C15H19N4O7P/c1-9-13(20)12(10(4-17-9)7-26-27(23,24)25)6-19-15(2,14(21)22)3-11-5-16-8-18-11/h4-6,8,20H,3,7H2,1-2H3,(H,16,18)(H,21,22)(H2,23,24,25)/t15-/m1/s1. The number of nitrogens with zero attached hydrogens (tertiary/aromatic N) is 3. The molecule has 0 spiro atoms. The van der Waals surface area contributed by atoms with Gasteiger partial charge in [-0.05, 0) is 13.8 Å². The lowest BCUT2D eigenvalue weighted by atomic mass is 9.97. The Morgan fingerprint density at radius 1 is 1.44 bits per heavy atom. The maximum atomic E-state index is 11.7. The SMILES string of the molecule is Cc1ncc(COP(=O)(O)O)c(C=N[C@](C)(Cc2cnc[nH]2)C(=O)O)c1O. The van der Waals surface area contributed by atoms with Gasteiger partial charge in [-0.15, -0.1) is 0 Å². The van der Waals surface area contributed by atoms with Crippen LogP contribution in [0.5, 0.6) is 5.75 Å². The Kier molecular flexibility index (Phi) is 6.11. The van der Waals surface area contributed by atoms with Crippen LogP contribution >= 0.6 is 7.82 Å². The molecule has 12 heteroatoms. The normalized spacial score (nSPS) is 14.4. The largest absolute Gasteiger partial charge is 0.505 e. The van der Waals surface area contributed by atoms with Crippen LogP contribution in [0.3, 0.4) is 0 Å². The van der Waals surface area contributed by atoms with Crippen molar-refractivity contribution >= 4 is 20.0 Å². The van der Waals surface area contributed by atoms with Crippen molar-refractivity contribution in [1.29, 1.82) is 0 Å². The number of imidazole rings is 1. The maximum Gasteiger partial charge on any atom is 0.469 e. The summed E-state index contributed by atoms with van der Waals surface area (Å²) in [7, 11) is -4.74. The number of carboxylic acids is 1. The molecule has 0 aliphatic rings. The Morgan fingerprint density at radius 3 is 2.70 bits per heavy atom. The third kappa shape index (κ3) is 5.44. The predicted octanol–water partition coefficient (Wildman–Crippen LogP) is 0.933. The van der Waals surface area contributed by atoms with Crippen LogP contribution in [0.4, 0.5) is 0 Å². The van der Waals surface area contributed by atoms with Crippen molar-refractivity contribution in [3.05, 3.63) is 41.2 Å². The van der Waals surface area contributed by atoms with Gasteiger partial charge in [0.2, 0.25) is 0 Å². The van der Waals surface area contributed by atoms with Gasteiger partial charge in [-0.1, -0.05) is 0 Å². The predicted molar refractivity (Wildman–Crippen MR) is 93.4 cm³/mol. The Bertz CT molecular complexity index is 894. The molecule has 0 aliphatic heterocycles. The van der Waals surface area contributed by atoms with Crippen LogP contribution in [0, 0.1) is 6.92 Å². The molecule has 27 heavy (non-hydrogen) atoms. The number of H-pyrrole nitrogens is 1. The van der Waals surface area contributed by atoms with Crippen LogP contribution in [-0.2, 0) is 26.9 Å². The molecule has 0 bridgehead atoms. The quantitative estimate of drug-likeness (QED) is 0.319. The summed E-state index contributed by atoms with van der Waals surface area (Å²) in [6.07, 6.45) is 5.30.